The predicted octanol–water partition coefficient (Wildman–Crippen LogP) is 0.802. The Morgan fingerprint density at radius 3 is 1.50 bits per heavy atom. The number of hydrogen-bond acceptors (Lipinski definition) is 4. The van der Waals surface area contributed by atoms with Crippen molar-refractivity contribution in [1.29, 1.82) is 0 Å². The van der Waals surface area contributed by atoms with Crippen molar-refractivity contribution in [3.05, 3.63) is 45.0 Å². The first-order valence-corrected chi connectivity index (χ1v) is 5.96. The molecule has 2 N–H and O–H groups in total. The van der Waals surface area contributed by atoms with Crippen LogP contribution in [0.15, 0.2) is 33.9 Å². The molecule has 6 nitrogen and oxygen atoms in total. The van der Waals surface area contributed by atoms with Gasteiger partial charge in [-0.25, -0.2) is 0 Å². The second-order valence-corrected chi connectivity index (χ2v) is 4.71. The molecule has 0 atom stereocenters. The van der Waals surface area contributed by atoms with E-state index in [2.05, 4.69) is 0 Å². The Kier molecular flexibility index (Phi) is 2.37. The van der Waals surface area contributed by atoms with Gasteiger partial charge in [0.2, 0.25) is 0 Å². The van der Waals surface area contributed by atoms with Gasteiger partial charge in [0.15, 0.2) is 0 Å². The van der Waals surface area contributed by atoms with E-state index in [9.17, 15) is 19.8 Å². The summed E-state index contributed by atoms with van der Waals surface area (Å²) < 4.78 is 2.75. The topological polar surface area (TPSA) is 84.5 Å². The maximum Gasteiger partial charge on any atom is 0.254 e. The second kappa shape index (κ2) is 3.86. The summed E-state index contributed by atoms with van der Waals surface area (Å²) in [5.74, 6) is -0.440. The molecule has 0 saturated heterocycles. The fraction of sp³-hybridized carbons (Fsp3) is 0.143. The van der Waals surface area contributed by atoms with Crippen molar-refractivity contribution in [3.8, 4) is 11.5 Å². The molecule has 0 fully saturated rings. The molecular formula is C14H12N2O4. The highest BCUT2D eigenvalue weighted by molar-refractivity contribution is 6.11. The Bertz CT molecular complexity index is 902. The van der Waals surface area contributed by atoms with Crippen molar-refractivity contribution in [2.24, 2.45) is 14.1 Å². The van der Waals surface area contributed by atoms with Crippen LogP contribution in [-0.2, 0) is 14.1 Å². The highest BCUT2D eigenvalue weighted by Crippen LogP contribution is 2.34. The Morgan fingerprint density at radius 1 is 0.800 bits per heavy atom. The molecule has 1 aromatic carbocycles. The van der Waals surface area contributed by atoms with Gasteiger partial charge in [-0.15, -0.1) is 0 Å². The smallest absolute Gasteiger partial charge is 0.254 e. The molecule has 0 spiro atoms. The average Bonchev–Trinajstić information content (AvgIpc) is 2.41. The lowest BCUT2D eigenvalue weighted by molar-refractivity contribution is 0.474. The third-order valence-electron chi connectivity index (χ3n) is 3.58. The first-order chi connectivity index (χ1) is 9.41. The fourth-order valence-electron chi connectivity index (χ4n) is 2.47. The molecule has 0 amide bonds. The highest BCUT2D eigenvalue weighted by Gasteiger charge is 2.14. The molecule has 0 radical (unpaired) electrons. The van der Waals surface area contributed by atoms with E-state index in [-0.39, 0.29) is 22.6 Å². The van der Waals surface area contributed by atoms with Gasteiger partial charge in [0, 0.05) is 26.2 Å². The summed E-state index contributed by atoms with van der Waals surface area (Å²) >= 11 is 0. The van der Waals surface area contributed by atoms with E-state index in [0.29, 0.717) is 21.8 Å². The number of fused-ring (bicyclic) bond motifs is 3. The van der Waals surface area contributed by atoms with Crippen molar-refractivity contribution in [2.75, 3.05) is 0 Å². The molecule has 3 aromatic rings. The zero-order valence-electron chi connectivity index (χ0n) is 10.9. The lowest BCUT2D eigenvalue weighted by Gasteiger charge is -2.12. The van der Waals surface area contributed by atoms with Crippen LogP contribution in [-0.4, -0.2) is 19.3 Å². The molecule has 0 aliphatic rings. The zero-order valence-corrected chi connectivity index (χ0v) is 10.9. The summed E-state index contributed by atoms with van der Waals surface area (Å²) in [5.41, 5.74) is 0.269. The minimum atomic E-state index is -0.348. The van der Waals surface area contributed by atoms with E-state index in [1.165, 1.54) is 9.13 Å². The van der Waals surface area contributed by atoms with E-state index in [0.717, 1.165) is 12.1 Å². The van der Waals surface area contributed by atoms with Crippen molar-refractivity contribution in [1.82, 2.24) is 9.13 Å². The van der Waals surface area contributed by atoms with Crippen LogP contribution in [0, 0.1) is 0 Å². The summed E-state index contributed by atoms with van der Waals surface area (Å²) in [7, 11) is 3.16. The molecule has 0 unspecified atom stereocenters. The summed E-state index contributed by atoms with van der Waals surface area (Å²) in [4.78, 5) is 23.4. The maximum absolute atomic E-state index is 11.7. The number of aromatic hydroxyl groups is 2. The Morgan fingerprint density at radius 2 is 1.15 bits per heavy atom. The van der Waals surface area contributed by atoms with Gasteiger partial charge in [-0.3, -0.25) is 9.59 Å². The predicted molar refractivity (Wildman–Crippen MR) is 75.3 cm³/mol. The Labute approximate surface area is 112 Å². The number of nitrogens with zero attached hydrogens (tertiary/aromatic N) is 2. The molecule has 6 heteroatoms. The monoisotopic (exact) mass is 272 g/mol. The highest BCUT2D eigenvalue weighted by atomic mass is 16.3. The van der Waals surface area contributed by atoms with E-state index < -0.39 is 0 Å². The third kappa shape index (κ3) is 1.45. The van der Waals surface area contributed by atoms with Crippen molar-refractivity contribution in [3.63, 3.8) is 0 Å². The van der Waals surface area contributed by atoms with Gasteiger partial charge in [-0.05, 0) is 12.1 Å². The average molecular weight is 272 g/mol. The maximum atomic E-state index is 11.7. The molecule has 3 rings (SSSR count). The summed E-state index contributed by atoms with van der Waals surface area (Å²) in [6, 6.07) is 5.45. The lowest BCUT2D eigenvalue weighted by Crippen LogP contribution is -2.17. The summed E-state index contributed by atoms with van der Waals surface area (Å²) in [5, 5.41) is 20.8. The number of rotatable bonds is 0. The van der Waals surface area contributed by atoms with Crippen LogP contribution in [0.1, 0.15) is 0 Å². The molecule has 2 aromatic heterocycles. The van der Waals surface area contributed by atoms with E-state index >= 15 is 0 Å². The fourth-order valence-corrected chi connectivity index (χ4v) is 2.47. The summed E-state index contributed by atoms with van der Waals surface area (Å²) in [6.07, 6.45) is 0. The summed E-state index contributed by atoms with van der Waals surface area (Å²) in [6.45, 7) is 0. The number of aryl methyl sites for hydroxylation is 2. The van der Waals surface area contributed by atoms with Gasteiger partial charge >= 0.3 is 0 Å². The number of benzene rings is 1. The van der Waals surface area contributed by atoms with E-state index in [1.54, 1.807) is 26.2 Å². The molecule has 2 heterocycles. The van der Waals surface area contributed by atoms with E-state index in [4.69, 9.17) is 0 Å². The molecule has 20 heavy (non-hydrogen) atoms. The van der Waals surface area contributed by atoms with Crippen LogP contribution in [0.3, 0.4) is 0 Å². The van der Waals surface area contributed by atoms with Crippen molar-refractivity contribution < 1.29 is 10.2 Å². The van der Waals surface area contributed by atoms with Gasteiger partial charge in [-0.1, -0.05) is 0 Å². The molecule has 0 aliphatic carbocycles. The Hall–Kier alpha value is -2.76. The van der Waals surface area contributed by atoms with Gasteiger partial charge in [0.1, 0.15) is 11.5 Å². The lowest BCUT2D eigenvalue weighted by atomic mass is 10.1. The quantitative estimate of drug-likeness (QED) is 0.593. The number of aromatic nitrogens is 2. The van der Waals surface area contributed by atoms with E-state index in [1.807, 2.05) is 0 Å². The number of pyridine rings is 2. The van der Waals surface area contributed by atoms with Gasteiger partial charge < -0.3 is 19.3 Å². The molecular weight excluding hydrogens is 260 g/mol. The zero-order chi connectivity index (χ0) is 14.6. The Balaban J connectivity index is 2.75. The minimum Gasteiger partial charge on any atom is -0.507 e. The first-order valence-electron chi connectivity index (χ1n) is 5.96. The van der Waals surface area contributed by atoms with Gasteiger partial charge in [-0.2, -0.15) is 0 Å². The second-order valence-electron chi connectivity index (χ2n) is 4.71. The SMILES string of the molecule is Cn1c(=O)cc(O)c2c3c(O)cc(=O)n(C)c3ccc21. The van der Waals surface area contributed by atoms with Crippen LogP contribution in [0.5, 0.6) is 11.5 Å². The van der Waals surface area contributed by atoms with Crippen LogP contribution in [0.4, 0.5) is 0 Å². The first kappa shape index (κ1) is 12.3. The van der Waals surface area contributed by atoms with Crippen molar-refractivity contribution in [2.45, 2.75) is 0 Å². The normalized spacial score (nSPS) is 11.3. The minimum absolute atomic E-state index is 0.220. The molecule has 0 bridgehead atoms. The number of hydrogen-bond donors (Lipinski definition) is 2. The van der Waals surface area contributed by atoms with Crippen LogP contribution < -0.4 is 11.1 Å². The molecule has 0 aliphatic heterocycles. The van der Waals surface area contributed by atoms with Crippen molar-refractivity contribution >= 4 is 21.8 Å². The molecule has 0 saturated carbocycles. The van der Waals surface area contributed by atoms with Crippen LogP contribution in [0.25, 0.3) is 21.8 Å². The molecule has 102 valence electrons. The van der Waals surface area contributed by atoms with Gasteiger partial charge in [0.05, 0.1) is 21.8 Å². The van der Waals surface area contributed by atoms with Gasteiger partial charge in [0.25, 0.3) is 11.1 Å². The third-order valence-corrected chi connectivity index (χ3v) is 3.58. The standard InChI is InChI=1S/C14H12N2O4/c1-15-7-3-4-8-14(10(18)6-12(20)16(8)2)13(7)9(17)5-11(15)19/h3-6,17-18H,1-2H3. The van der Waals surface area contributed by atoms with Crippen LogP contribution >= 0.6 is 0 Å². The largest absolute Gasteiger partial charge is 0.507 e. The van der Waals surface area contributed by atoms with Crippen LogP contribution in [0.2, 0.25) is 0 Å².